The molecule has 0 spiro atoms. The van der Waals surface area contributed by atoms with Gasteiger partial charge in [-0.25, -0.2) is 0 Å². The van der Waals surface area contributed by atoms with Crippen molar-refractivity contribution in [3.63, 3.8) is 0 Å². The molecular formula is C15H27N3. The van der Waals surface area contributed by atoms with Gasteiger partial charge in [-0.3, -0.25) is 9.80 Å². The van der Waals surface area contributed by atoms with Gasteiger partial charge in [0.2, 0.25) is 0 Å². The first kappa shape index (κ1) is 12.6. The summed E-state index contributed by atoms with van der Waals surface area (Å²) in [5, 5.41) is 0. The van der Waals surface area contributed by atoms with Crippen LogP contribution in [-0.4, -0.2) is 54.1 Å². The van der Waals surface area contributed by atoms with Crippen LogP contribution in [0.15, 0.2) is 12.2 Å². The van der Waals surface area contributed by atoms with Gasteiger partial charge < -0.3 is 5.73 Å². The van der Waals surface area contributed by atoms with E-state index in [1.165, 1.54) is 64.7 Å². The first-order valence-electron chi connectivity index (χ1n) is 7.73. The van der Waals surface area contributed by atoms with Crippen molar-refractivity contribution in [1.29, 1.82) is 0 Å². The second-order valence-corrected chi connectivity index (χ2v) is 6.24. The topological polar surface area (TPSA) is 32.5 Å². The van der Waals surface area contributed by atoms with Crippen LogP contribution in [0.4, 0.5) is 0 Å². The van der Waals surface area contributed by atoms with E-state index in [0.717, 1.165) is 12.1 Å². The molecule has 2 unspecified atom stereocenters. The second kappa shape index (κ2) is 5.72. The zero-order valence-corrected chi connectivity index (χ0v) is 11.4. The Bertz CT molecular complexity index is 294. The van der Waals surface area contributed by atoms with Crippen molar-refractivity contribution in [2.45, 2.75) is 56.7 Å². The average Bonchev–Trinajstić information content (AvgIpc) is 2.90. The second-order valence-electron chi connectivity index (χ2n) is 6.24. The molecule has 102 valence electrons. The fraction of sp³-hybridized carbons (Fsp3) is 0.867. The van der Waals surface area contributed by atoms with Crippen LogP contribution >= 0.6 is 0 Å². The van der Waals surface area contributed by atoms with Crippen LogP contribution < -0.4 is 5.73 Å². The first-order chi connectivity index (χ1) is 8.83. The highest BCUT2D eigenvalue weighted by Gasteiger charge is 2.32. The Morgan fingerprint density at radius 2 is 1.72 bits per heavy atom. The van der Waals surface area contributed by atoms with Gasteiger partial charge >= 0.3 is 0 Å². The van der Waals surface area contributed by atoms with E-state index in [1.54, 1.807) is 0 Å². The maximum absolute atomic E-state index is 5.99. The summed E-state index contributed by atoms with van der Waals surface area (Å²) in [6, 6.07) is 1.99. The van der Waals surface area contributed by atoms with Crippen LogP contribution in [0.1, 0.15) is 38.5 Å². The summed E-state index contributed by atoms with van der Waals surface area (Å²) in [4.78, 5) is 5.39. The first-order valence-corrected chi connectivity index (χ1v) is 7.73. The van der Waals surface area contributed by atoms with E-state index < -0.39 is 0 Å². The molecule has 2 atom stereocenters. The molecule has 0 bridgehead atoms. The highest BCUT2D eigenvalue weighted by Crippen LogP contribution is 2.25. The van der Waals surface area contributed by atoms with Crippen LogP contribution in [0.3, 0.4) is 0 Å². The Labute approximate surface area is 111 Å². The van der Waals surface area contributed by atoms with Gasteiger partial charge in [0.05, 0.1) is 0 Å². The molecule has 2 N–H and O–H groups in total. The normalized spacial score (nSPS) is 36.3. The molecule has 0 aromatic carbocycles. The van der Waals surface area contributed by atoms with Crippen LogP contribution in [-0.2, 0) is 0 Å². The van der Waals surface area contributed by atoms with Crippen molar-refractivity contribution in [2.24, 2.45) is 5.73 Å². The zero-order chi connectivity index (χ0) is 12.4. The number of nitrogens with zero attached hydrogens (tertiary/aromatic N) is 2. The summed E-state index contributed by atoms with van der Waals surface area (Å²) in [6.07, 6.45) is 12.6. The molecule has 2 saturated heterocycles. The quantitative estimate of drug-likeness (QED) is 0.754. The standard InChI is InChI=1S/C15H27N3/c16-13-6-9-17(10-7-13)15-8-11-18(12-15)14-4-2-1-3-5-14/h2,4,13-15H,1,3,5-12,16H2. The molecule has 2 aliphatic heterocycles. The fourth-order valence-electron chi connectivity index (χ4n) is 3.75. The number of likely N-dealkylation sites (tertiary alicyclic amines) is 2. The molecular weight excluding hydrogens is 222 g/mol. The number of hydrogen-bond acceptors (Lipinski definition) is 3. The third-order valence-corrected chi connectivity index (χ3v) is 4.98. The third-order valence-electron chi connectivity index (χ3n) is 4.98. The van der Waals surface area contributed by atoms with Crippen molar-refractivity contribution >= 4 is 0 Å². The average molecular weight is 249 g/mol. The Morgan fingerprint density at radius 3 is 2.44 bits per heavy atom. The van der Waals surface area contributed by atoms with E-state index in [0.29, 0.717) is 6.04 Å². The van der Waals surface area contributed by atoms with Crippen LogP contribution in [0.5, 0.6) is 0 Å². The molecule has 2 fully saturated rings. The van der Waals surface area contributed by atoms with E-state index in [9.17, 15) is 0 Å². The van der Waals surface area contributed by atoms with Crippen molar-refractivity contribution < 1.29 is 0 Å². The summed E-state index contributed by atoms with van der Waals surface area (Å²) in [5.74, 6) is 0. The molecule has 0 amide bonds. The molecule has 3 heteroatoms. The molecule has 1 aliphatic carbocycles. The Hall–Kier alpha value is -0.380. The minimum atomic E-state index is 0.458. The lowest BCUT2D eigenvalue weighted by Crippen LogP contribution is -2.46. The molecule has 3 rings (SSSR count). The van der Waals surface area contributed by atoms with Gasteiger partial charge in [0, 0.05) is 31.2 Å². The number of piperidine rings is 1. The maximum Gasteiger partial charge on any atom is 0.0278 e. The van der Waals surface area contributed by atoms with Gasteiger partial charge in [0.25, 0.3) is 0 Å². The van der Waals surface area contributed by atoms with Crippen molar-refractivity contribution in [3.05, 3.63) is 12.2 Å². The van der Waals surface area contributed by atoms with Gasteiger partial charge in [-0.2, -0.15) is 0 Å². The van der Waals surface area contributed by atoms with Crippen molar-refractivity contribution in [1.82, 2.24) is 9.80 Å². The van der Waals surface area contributed by atoms with Gasteiger partial charge in [0.1, 0.15) is 0 Å². The van der Waals surface area contributed by atoms with Gasteiger partial charge in [-0.15, -0.1) is 0 Å². The van der Waals surface area contributed by atoms with E-state index in [2.05, 4.69) is 22.0 Å². The van der Waals surface area contributed by atoms with E-state index in [-0.39, 0.29) is 0 Å². The zero-order valence-electron chi connectivity index (χ0n) is 11.4. The molecule has 3 nitrogen and oxygen atoms in total. The highest BCUT2D eigenvalue weighted by atomic mass is 15.3. The summed E-state index contributed by atoms with van der Waals surface area (Å²) in [6.45, 7) is 5.02. The lowest BCUT2D eigenvalue weighted by molar-refractivity contribution is 0.146. The summed E-state index contributed by atoms with van der Waals surface area (Å²) in [7, 11) is 0. The minimum Gasteiger partial charge on any atom is -0.328 e. The number of rotatable bonds is 2. The third kappa shape index (κ3) is 2.79. The van der Waals surface area contributed by atoms with Crippen LogP contribution in [0.25, 0.3) is 0 Å². The molecule has 0 aromatic heterocycles. The fourth-order valence-corrected chi connectivity index (χ4v) is 3.75. The van der Waals surface area contributed by atoms with E-state index >= 15 is 0 Å². The van der Waals surface area contributed by atoms with Gasteiger partial charge in [0.15, 0.2) is 0 Å². The summed E-state index contributed by atoms with van der Waals surface area (Å²) >= 11 is 0. The van der Waals surface area contributed by atoms with Gasteiger partial charge in [-0.05, 0) is 51.6 Å². The number of nitrogens with two attached hydrogens (primary N) is 1. The predicted molar refractivity (Wildman–Crippen MR) is 75.5 cm³/mol. The van der Waals surface area contributed by atoms with Crippen LogP contribution in [0.2, 0.25) is 0 Å². The monoisotopic (exact) mass is 249 g/mol. The Balaban J connectivity index is 1.51. The van der Waals surface area contributed by atoms with Crippen molar-refractivity contribution in [2.75, 3.05) is 26.2 Å². The molecule has 0 aromatic rings. The largest absolute Gasteiger partial charge is 0.328 e. The van der Waals surface area contributed by atoms with E-state index in [1.807, 2.05) is 0 Å². The Kier molecular flexibility index (Phi) is 4.02. The maximum atomic E-state index is 5.99. The lowest BCUT2D eigenvalue weighted by Gasteiger charge is -2.35. The molecule has 18 heavy (non-hydrogen) atoms. The Morgan fingerprint density at radius 1 is 0.944 bits per heavy atom. The predicted octanol–water partition coefficient (Wildman–Crippen LogP) is 1.59. The number of hydrogen-bond donors (Lipinski definition) is 1. The minimum absolute atomic E-state index is 0.458. The summed E-state index contributed by atoms with van der Waals surface area (Å²) < 4.78 is 0. The molecule has 2 heterocycles. The SMILES string of the molecule is NC1CCN(C2CCN(C3C=CCCC3)C2)CC1. The number of allylic oxidation sites excluding steroid dienone is 1. The van der Waals surface area contributed by atoms with Crippen molar-refractivity contribution in [3.8, 4) is 0 Å². The highest BCUT2D eigenvalue weighted by molar-refractivity contribution is 5.01. The van der Waals surface area contributed by atoms with Crippen LogP contribution in [0, 0.1) is 0 Å². The molecule has 3 aliphatic rings. The van der Waals surface area contributed by atoms with Gasteiger partial charge in [-0.1, -0.05) is 12.2 Å². The van der Waals surface area contributed by atoms with E-state index in [4.69, 9.17) is 5.73 Å². The lowest BCUT2D eigenvalue weighted by atomic mass is 10.0. The molecule has 0 radical (unpaired) electrons. The smallest absolute Gasteiger partial charge is 0.0278 e. The molecule has 0 saturated carbocycles. The summed E-state index contributed by atoms with van der Waals surface area (Å²) in [5.41, 5.74) is 5.99.